The van der Waals surface area contributed by atoms with E-state index < -0.39 is 11.9 Å². The first-order valence-corrected chi connectivity index (χ1v) is 11.4. The summed E-state index contributed by atoms with van der Waals surface area (Å²) in [6.07, 6.45) is 2.76. The first-order valence-electron chi connectivity index (χ1n) is 11.4. The molecule has 0 saturated carbocycles. The first-order chi connectivity index (χ1) is 14.7. The van der Waals surface area contributed by atoms with E-state index in [1.807, 2.05) is 13.8 Å². The van der Waals surface area contributed by atoms with Crippen LogP contribution in [0.25, 0.3) is 0 Å². The third-order valence-corrected chi connectivity index (χ3v) is 6.87. The fraction of sp³-hybridized carbons (Fsp3) is 0.870. The number of carbonyl (C=O) groups excluding carboxylic acids is 1. The standard InChI is InChI=1S/C23H36O8/c1-13-5-6-14(7-8-22(25)26-4)28-16(13)10-17-15(24)9-18-19(29-17)11-20-21(30-18)12-27-23(2,3)31-20/h14-21,24H,1,5-12H2,2-4H3/t14?,15-,16?,17?,18?,19?,20?,21?/m1/s1. The predicted molar refractivity (Wildman–Crippen MR) is 110 cm³/mol. The number of ether oxygens (including phenoxy) is 6. The maximum absolute atomic E-state index is 11.5. The highest BCUT2D eigenvalue weighted by atomic mass is 16.7. The van der Waals surface area contributed by atoms with E-state index in [1.54, 1.807) is 0 Å². The summed E-state index contributed by atoms with van der Waals surface area (Å²) < 4.78 is 35.2. The number of rotatable bonds is 5. The molecule has 7 unspecified atom stereocenters. The Morgan fingerprint density at radius 3 is 2.71 bits per heavy atom. The van der Waals surface area contributed by atoms with Gasteiger partial charge in [0.2, 0.25) is 0 Å². The number of aliphatic hydroxyl groups is 1. The molecule has 8 atom stereocenters. The van der Waals surface area contributed by atoms with E-state index in [0.29, 0.717) is 32.3 Å². The Hall–Kier alpha value is -1.03. The molecule has 1 N–H and O–H groups in total. The van der Waals surface area contributed by atoms with Gasteiger partial charge in [0, 0.05) is 25.7 Å². The summed E-state index contributed by atoms with van der Waals surface area (Å²) in [6.45, 7) is 8.48. The van der Waals surface area contributed by atoms with Gasteiger partial charge in [-0.3, -0.25) is 4.79 Å². The van der Waals surface area contributed by atoms with Gasteiger partial charge in [0.15, 0.2) is 5.79 Å². The SMILES string of the molecule is C=C1CCC(CCC(=O)OC)OC1CC1OC2CC3OC(C)(C)OCC3OC2C[C@H]1O. The number of hydrogen-bond donors (Lipinski definition) is 1. The van der Waals surface area contributed by atoms with E-state index >= 15 is 0 Å². The summed E-state index contributed by atoms with van der Waals surface area (Å²) in [6, 6.07) is 0. The van der Waals surface area contributed by atoms with E-state index in [4.69, 9.17) is 28.4 Å². The Bertz CT molecular complexity index is 664. The maximum atomic E-state index is 11.5. The van der Waals surface area contributed by atoms with Gasteiger partial charge in [-0.15, -0.1) is 0 Å². The molecule has 0 bridgehead atoms. The second kappa shape index (κ2) is 9.45. The monoisotopic (exact) mass is 440 g/mol. The largest absolute Gasteiger partial charge is 0.469 e. The maximum Gasteiger partial charge on any atom is 0.305 e. The van der Waals surface area contributed by atoms with Gasteiger partial charge >= 0.3 is 5.97 Å². The van der Waals surface area contributed by atoms with Gasteiger partial charge in [-0.2, -0.15) is 0 Å². The number of fused-ring (bicyclic) bond motifs is 2. The molecule has 4 heterocycles. The van der Waals surface area contributed by atoms with Crippen LogP contribution in [0.2, 0.25) is 0 Å². The van der Waals surface area contributed by atoms with Crippen molar-refractivity contribution in [2.75, 3.05) is 13.7 Å². The van der Waals surface area contributed by atoms with Crippen LogP contribution in [0.5, 0.6) is 0 Å². The highest BCUT2D eigenvalue weighted by Gasteiger charge is 2.49. The van der Waals surface area contributed by atoms with Crippen molar-refractivity contribution in [3.05, 3.63) is 12.2 Å². The highest BCUT2D eigenvalue weighted by Crippen LogP contribution is 2.39. The van der Waals surface area contributed by atoms with Crippen molar-refractivity contribution < 1.29 is 38.3 Å². The van der Waals surface area contributed by atoms with Crippen LogP contribution in [0, 0.1) is 0 Å². The Kier molecular flexibility index (Phi) is 7.05. The van der Waals surface area contributed by atoms with Gasteiger partial charge < -0.3 is 33.5 Å². The molecule has 0 spiro atoms. The van der Waals surface area contributed by atoms with Gasteiger partial charge in [0.05, 0.1) is 56.4 Å². The Labute approximate surface area is 184 Å². The number of methoxy groups -OCH3 is 1. The van der Waals surface area contributed by atoms with Crippen molar-refractivity contribution in [2.45, 2.75) is 113 Å². The van der Waals surface area contributed by atoms with Crippen LogP contribution in [-0.4, -0.2) is 79.4 Å². The van der Waals surface area contributed by atoms with E-state index in [-0.39, 0.29) is 48.7 Å². The van der Waals surface area contributed by atoms with Gasteiger partial charge in [-0.1, -0.05) is 6.58 Å². The number of aliphatic hydroxyl groups excluding tert-OH is 1. The Morgan fingerprint density at radius 1 is 1.16 bits per heavy atom. The molecule has 0 amide bonds. The van der Waals surface area contributed by atoms with Crippen LogP contribution >= 0.6 is 0 Å². The van der Waals surface area contributed by atoms with Crippen molar-refractivity contribution >= 4 is 5.97 Å². The average Bonchev–Trinajstić information content (AvgIpc) is 2.72. The number of hydrogen-bond acceptors (Lipinski definition) is 8. The zero-order chi connectivity index (χ0) is 22.2. The van der Waals surface area contributed by atoms with Crippen molar-refractivity contribution in [3.63, 3.8) is 0 Å². The molecule has 176 valence electrons. The highest BCUT2D eigenvalue weighted by molar-refractivity contribution is 5.69. The second-order valence-corrected chi connectivity index (χ2v) is 9.63. The zero-order valence-corrected chi connectivity index (χ0v) is 18.8. The molecule has 4 rings (SSSR count). The van der Waals surface area contributed by atoms with E-state index in [9.17, 15) is 9.90 Å². The van der Waals surface area contributed by atoms with Gasteiger partial charge in [0.1, 0.15) is 6.10 Å². The van der Waals surface area contributed by atoms with Crippen LogP contribution in [0.3, 0.4) is 0 Å². The second-order valence-electron chi connectivity index (χ2n) is 9.63. The van der Waals surface area contributed by atoms with Crippen molar-refractivity contribution in [1.29, 1.82) is 0 Å². The van der Waals surface area contributed by atoms with Gasteiger partial charge in [0.25, 0.3) is 0 Å². The molecule has 31 heavy (non-hydrogen) atoms. The molecule has 4 saturated heterocycles. The minimum atomic E-state index is -0.633. The molecule has 0 aromatic heterocycles. The first kappa shape index (κ1) is 23.1. The van der Waals surface area contributed by atoms with Crippen molar-refractivity contribution in [3.8, 4) is 0 Å². The summed E-state index contributed by atoms with van der Waals surface area (Å²) in [5, 5.41) is 10.8. The molecule has 8 nitrogen and oxygen atoms in total. The smallest absolute Gasteiger partial charge is 0.305 e. The van der Waals surface area contributed by atoms with E-state index in [2.05, 4.69) is 6.58 Å². The van der Waals surface area contributed by atoms with Gasteiger partial charge in [-0.25, -0.2) is 0 Å². The zero-order valence-electron chi connectivity index (χ0n) is 18.8. The molecular formula is C23H36O8. The molecule has 0 aromatic carbocycles. The molecule has 4 aliphatic rings. The molecule has 0 aromatic rings. The summed E-state index contributed by atoms with van der Waals surface area (Å²) in [4.78, 5) is 11.5. The topological polar surface area (TPSA) is 92.7 Å². The Balaban J connectivity index is 1.33. The minimum Gasteiger partial charge on any atom is -0.469 e. The predicted octanol–water partition coefficient (Wildman–Crippen LogP) is 2.26. The lowest BCUT2D eigenvalue weighted by molar-refractivity contribution is -0.349. The molecule has 0 aliphatic carbocycles. The van der Waals surface area contributed by atoms with E-state index in [0.717, 1.165) is 24.8 Å². The summed E-state index contributed by atoms with van der Waals surface area (Å²) in [5.41, 5.74) is 1.02. The van der Waals surface area contributed by atoms with Gasteiger partial charge in [-0.05, 0) is 38.7 Å². The van der Waals surface area contributed by atoms with Crippen LogP contribution in [0.4, 0.5) is 0 Å². The summed E-state index contributed by atoms with van der Waals surface area (Å²) in [5.74, 6) is -0.853. The number of esters is 1. The lowest BCUT2D eigenvalue weighted by Gasteiger charge is -2.51. The molecule has 0 radical (unpaired) electrons. The fourth-order valence-electron chi connectivity index (χ4n) is 5.08. The third kappa shape index (κ3) is 5.49. The van der Waals surface area contributed by atoms with Crippen molar-refractivity contribution in [2.24, 2.45) is 0 Å². The molecular weight excluding hydrogens is 404 g/mol. The van der Waals surface area contributed by atoms with E-state index in [1.165, 1.54) is 7.11 Å². The minimum absolute atomic E-state index is 0.0141. The van der Waals surface area contributed by atoms with Crippen LogP contribution in [0.1, 0.15) is 58.8 Å². The molecule has 4 fully saturated rings. The number of carbonyl (C=O) groups is 1. The average molecular weight is 441 g/mol. The molecule has 8 heteroatoms. The van der Waals surface area contributed by atoms with Crippen LogP contribution < -0.4 is 0 Å². The lowest BCUT2D eigenvalue weighted by Crippen LogP contribution is -2.61. The van der Waals surface area contributed by atoms with Crippen LogP contribution in [-0.2, 0) is 33.2 Å². The molecule has 4 aliphatic heterocycles. The summed E-state index contributed by atoms with van der Waals surface area (Å²) >= 11 is 0. The third-order valence-electron chi connectivity index (χ3n) is 6.87. The Morgan fingerprint density at radius 2 is 1.94 bits per heavy atom. The van der Waals surface area contributed by atoms with Crippen LogP contribution in [0.15, 0.2) is 12.2 Å². The summed E-state index contributed by atoms with van der Waals surface area (Å²) in [7, 11) is 1.40. The quantitative estimate of drug-likeness (QED) is 0.514. The van der Waals surface area contributed by atoms with Crippen molar-refractivity contribution in [1.82, 2.24) is 0 Å². The fourth-order valence-corrected chi connectivity index (χ4v) is 5.08. The normalized spacial score (nSPS) is 42.4. The lowest BCUT2D eigenvalue weighted by atomic mass is 9.86.